The first kappa shape index (κ1) is 14.6. The summed E-state index contributed by atoms with van der Waals surface area (Å²) in [5.41, 5.74) is 8.36. The average Bonchev–Trinajstić information content (AvgIpc) is 2.80. The van der Waals surface area contributed by atoms with Gasteiger partial charge >= 0.3 is 0 Å². The van der Waals surface area contributed by atoms with Gasteiger partial charge in [-0.05, 0) is 37.5 Å². The fraction of sp³-hybridized carbons (Fsp3) is 0.600. The Morgan fingerprint density at radius 3 is 3.00 bits per heavy atom. The third-order valence-corrected chi connectivity index (χ3v) is 4.00. The van der Waals surface area contributed by atoms with Crippen LogP contribution in [0.2, 0.25) is 5.02 Å². The molecule has 2 unspecified atom stereocenters. The van der Waals surface area contributed by atoms with Crippen molar-refractivity contribution in [2.24, 2.45) is 11.7 Å². The van der Waals surface area contributed by atoms with E-state index in [-0.39, 0.29) is 6.04 Å². The number of hydrogen-bond donors (Lipinski definition) is 1. The monoisotopic (exact) mass is 282 g/mol. The van der Waals surface area contributed by atoms with Crippen LogP contribution in [-0.2, 0) is 11.2 Å². The summed E-state index contributed by atoms with van der Waals surface area (Å²) in [6.07, 6.45) is 2.00. The van der Waals surface area contributed by atoms with Gasteiger partial charge in [-0.1, -0.05) is 17.7 Å². The van der Waals surface area contributed by atoms with Gasteiger partial charge in [-0.2, -0.15) is 0 Å². The third-order valence-electron chi connectivity index (χ3n) is 3.65. The molecule has 2 atom stereocenters. The molecular weight excluding hydrogens is 260 g/mol. The van der Waals surface area contributed by atoms with Crippen LogP contribution in [0.3, 0.4) is 0 Å². The Labute approximate surface area is 120 Å². The van der Waals surface area contributed by atoms with Crippen LogP contribution < -0.4 is 10.6 Å². The highest BCUT2D eigenvalue weighted by molar-refractivity contribution is 6.31. The predicted molar refractivity (Wildman–Crippen MR) is 81.0 cm³/mol. The van der Waals surface area contributed by atoms with Crippen LogP contribution in [0.4, 0.5) is 5.69 Å². The van der Waals surface area contributed by atoms with Crippen LogP contribution in [0.15, 0.2) is 18.2 Å². The Kier molecular flexibility index (Phi) is 5.08. The Bertz CT molecular complexity index is 423. The maximum Gasteiger partial charge on any atom is 0.0508 e. The van der Waals surface area contributed by atoms with Crippen molar-refractivity contribution in [2.45, 2.75) is 25.8 Å². The number of nitrogens with two attached hydrogens (primary N) is 1. The lowest BCUT2D eigenvalue weighted by molar-refractivity contribution is 0.161. The molecule has 0 aromatic heterocycles. The minimum atomic E-state index is 0.121. The lowest BCUT2D eigenvalue weighted by atomic mass is 10.0. The Hall–Kier alpha value is -0.770. The quantitative estimate of drug-likeness (QED) is 0.902. The summed E-state index contributed by atoms with van der Waals surface area (Å²) in [5.74, 6) is 0.618. The van der Waals surface area contributed by atoms with Gasteiger partial charge in [0.1, 0.15) is 0 Å². The van der Waals surface area contributed by atoms with Gasteiger partial charge < -0.3 is 15.4 Å². The summed E-state index contributed by atoms with van der Waals surface area (Å²) >= 11 is 6.34. The highest BCUT2D eigenvalue weighted by Gasteiger charge is 2.24. The number of anilines is 1. The highest BCUT2D eigenvalue weighted by Crippen LogP contribution is 2.32. The van der Waals surface area contributed by atoms with Gasteiger partial charge in [-0.15, -0.1) is 0 Å². The molecule has 19 heavy (non-hydrogen) atoms. The van der Waals surface area contributed by atoms with Gasteiger partial charge in [-0.25, -0.2) is 0 Å². The molecular formula is C15H23ClN2O. The minimum Gasteiger partial charge on any atom is -0.384 e. The number of ether oxygens (including phenoxy) is 1. The van der Waals surface area contributed by atoms with E-state index < -0.39 is 0 Å². The van der Waals surface area contributed by atoms with Crippen molar-refractivity contribution in [2.75, 3.05) is 31.7 Å². The first-order valence-electron chi connectivity index (χ1n) is 6.88. The normalized spacial score (nSPS) is 20.8. The first-order valence-corrected chi connectivity index (χ1v) is 7.26. The van der Waals surface area contributed by atoms with E-state index in [0.717, 1.165) is 31.1 Å². The molecule has 2 rings (SSSR count). The fourth-order valence-electron chi connectivity index (χ4n) is 2.79. The molecule has 1 saturated heterocycles. The highest BCUT2D eigenvalue weighted by atomic mass is 35.5. The maximum absolute atomic E-state index is 6.34. The largest absolute Gasteiger partial charge is 0.384 e. The van der Waals surface area contributed by atoms with Crippen molar-refractivity contribution in [1.29, 1.82) is 0 Å². The van der Waals surface area contributed by atoms with Gasteiger partial charge in [0.2, 0.25) is 0 Å². The van der Waals surface area contributed by atoms with Crippen LogP contribution in [0.5, 0.6) is 0 Å². The second kappa shape index (κ2) is 6.60. The number of halogens is 1. The standard InChI is InChI=1S/C15H23ClN2O/c1-11(17)8-13-14(16)4-3-5-15(13)18-7-6-12(9-18)10-19-2/h3-5,11-12H,6-10,17H2,1-2H3. The predicted octanol–water partition coefficient (Wildman–Crippen LogP) is 2.70. The molecule has 0 spiro atoms. The molecule has 1 heterocycles. The van der Waals surface area contributed by atoms with E-state index in [1.54, 1.807) is 7.11 Å². The lowest BCUT2D eigenvalue weighted by Crippen LogP contribution is -2.25. The van der Waals surface area contributed by atoms with E-state index in [1.165, 1.54) is 17.7 Å². The summed E-state index contributed by atoms with van der Waals surface area (Å²) in [5, 5.41) is 0.824. The molecule has 2 N–H and O–H groups in total. The van der Waals surface area contributed by atoms with Crippen molar-refractivity contribution in [3.05, 3.63) is 28.8 Å². The molecule has 0 bridgehead atoms. The van der Waals surface area contributed by atoms with Gasteiger partial charge in [0.25, 0.3) is 0 Å². The van der Waals surface area contributed by atoms with Gasteiger partial charge in [0, 0.05) is 42.9 Å². The number of rotatable bonds is 5. The summed E-state index contributed by atoms with van der Waals surface area (Å²) in [6.45, 7) is 4.96. The summed E-state index contributed by atoms with van der Waals surface area (Å²) in [4.78, 5) is 2.41. The smallest absolute Gasteiger partial charge is 0.0508 e. The van der Waals surface area contributed by atoms with Crippen LogP contribution >= 0.6 is 11.6 Å². The second-order valence-corrected chi connectivity index (χ2v) is 5.88. The third kappa shape index (κ3) is 3.62. The first-order chi connectivity index (χ1) is 9.11. The number of hydrogen-bond acceptors (Lipinski definition) is 3. The molecule has 0 radical (unpaired) electrons. The molecule has 106 valence electrons. The van der Waals surface area contributed by atoms with Crippen LogP contribution in [0.1, 0.15) is 18.9 Å². The average molecular weight is 283 g/mol. The van der Waals surface area contributed by atoms with Gasteiger partial charge in [0.15, 0.2) is 0 Å². The van der Waals surface area contributed by atoms with Crippen LogP contribution in [0.25, 0.3) is 0 Å². The Balaban J connectivity index is 2.18. The molecule has 1 aromatic rings. The van der Waals surface area contributed by atoms with Crippen molar-refractivity contribution in [3.8, 4) is 0 Å². The SMILES string of the molecule is COCC1CCN(c2cccc(Cl)c2CC(C)N)C1. The number of benzene rings is 1. The molecule has 1 fully saturated rings. The zero-order valence-electron chi connectivity index (χ0n) is 11.7. The van der Waals surface area contributed by atoms with E-state index in [0.29, 0.717) is 5.92 Å². The summed E-state index contributed by atoms with van der Waals surface area (Å²) in [6, 6.07) is 6.24. The second-order valence-electron chi connectivity index (χ2n) is 5.47. The van der Waals surface area contributed by atoms with Crippen molar-refractivity contribution in [3.63, 3.8) is 0 Å². The van der Waals surface area contributed by atoms with Crippen molar-refractivity contribution in [1.82, 2.24) is 0 Å². The van der Waals surface area contributed by atoms with Crippen LogP contribution in [-0.4, -0.2) is 32.8 Å². The van der Waals surface area contributed by atoms with E-state index in [9.17, 15) is 0 Å². The maximum atomic E-state index is 6.34. The van der Waals surface area contributed by atoms with Crippen LogP contribution in [0, 0.1) is 5.92 Å². The molecule has 1 aromatic carbocycles. The van der Waals surface area contributed by atoms with Crippen molar-refractivity contribution < 1.29 is 4.74 Å². The zero-order chi connectivity index (χ0) is 13.8. The molecule has 0 aliphatic carbocycles. The Morgan fingerprint density at radius 1 is 1.53 bits per heavy atom. The molecule has 3 nitrogen and oxygen atoms in total. The topological polar surface area (TPSA) is 38.5 Å². The van der Waals surface area contributed by atoms with E-state index in [4.69, 9.17) is 22.1 Å². The van der Waals surface area contributed by atoms with Gasteiger partial charge in [0.05, 0.1) is 6.61 Å². The van der Waals surface area contributed by atoms with Gasteiger partial charge in [-0.3, -0.25) is 0 Å². The number of methoxy groups -OCH3 is 1. The minimum absolute atomic E-state index is 0.121. The number of nitrogens with zero attached hydrogens (tertiary/aromatic N) is 1. The summed E-state index contributed by atoms with van der Waals surface area (Å²) < 4.78 is 5.26. The van der Waals surface area contributed by atoms with E-state index >= 15 is 0 Å². The van der Waals surface area contributed by atoms with E-state index in [2.05, 4.69) is 11.0 Å². The molecule has 1 aliphatic rings. The van der Waals surface area contributed by atoms with Crippen molar-refractivity contribution >= 4 is 17.3 Å². The Morgan fingerprint density at radius 2 is 2.32 bits per heavy atom. The lowest BCUT2D eigenvalue weighted by Gasteiger charge is -2.23. The fourth-order valence-corrected chi connectivity index (χ4v) is 3.04. The molecule has 1 aliphatic heterocycles. The molecule has 4 heteroatoms. The summed E-state index contributed by atoms with van der Waals surface area (Å²) in [7, 11) is 1.77. The van der Waals surface area contributed by atoms with E-state index in [1.807, 2.05) is 19.1 Å². The molecule has 0 amide bonds. The zero-order valence-corrected chi connectivity index (χ0v) is 12.5. The molecule has 0 saturated carbocycles.